The van der Waals surface area contributed by atoms with Gasteiger partial charge in [0.2, 0.25) is 0 Å². The first kappa shape index (κ1) is 10.6. The summed E-state index contributed by atoms with van der Waals surface area (Å²) in [4.78, 5) is 10.1. The summed E-state index contributed by atoms with van der Waals surface area (Å²) in [6.07, 6.45) is -0.270. The van der Waals surface area contributed by atoms with Crippen molar-refractivity contribution in [2.24, 2.45) is 0 Å². The van der Waals surface area contributed by atoms with Gasteiger partial charge in [0.15, 0.2) is 17.5 Å². The molecule has 0 aromatic heterocycles. The first-order chi connectivity index (χ1) is 6.50. The Morgan fingerprint density at radius 3 is 2.14 bits per heavy atom. The highest BCUT2D eigenvalue weighted by atomic mass is 19.2. The summed E-state index contributed by atoms with van der Waals surface area (Å²) >= 11 is 0. The number of carbonyl (C=O) groups is 1. The number of aryl methyl sites for hydroxylation is 1. The zero-order valence-electron chi connectivity index (χ0n) is 7.06. The number of aliphatic carboxylic acids is 1. The molecule has 0 aliphatic carbocycles. The van der Waals surface area contributed by atoms with Gasteiger partial charge in [0.1, 0.15) is 0 Å². The van der Waals surface area contributed by atoms with Crippen LogP contribution in [0.2, 0.25) is 0 Å². The Kier molecular flexibility index (Phi) is 3.11. The lowest BCUT2D eigenvalue weighted by Crippen LogP contribution is -2.00. The third-order valence-corrected chi connectivity index (χ3v) is 1.67. The number of halogens is 3. The predicted octanol–water partition coefficient (Wildman–Crippen LogP) is 2.12. The lowest BCUT2D eigenvalue weighted by molar-refractivity contribution is -0.136. The Bertz CT molecular complexity index is 340. The fraction of sp³-hybridized carbons (Fsp3) is 0.222. The Morgan fingerprint density at radius 2 is 1.71 bits per heavy atom. The number of benzene rings is 1. The molecule has 1 aromatic rings. The van der Waals surface area contributed by atoms with Crippen molar-refractivity contribution in [2.75, 3.05) is 0 Å². The number of carboxylic acid groups (broad SMARTS) is 1. The number of hydrogen-bond donors (Lipinski definition) is 1. The maximum Gasteiger partial charge on any atom is 0.303 e. The Morgan fingerprint density at radius 1 is 1.21 bits per heavy atom. The van der Waals surface area contributed by atoms with E-state index in [1.165, 1.54) is 0 Å². The molecule has 0 aliphatic heterocycles. The molecular weight excluding hydrogens is 197 g/mol. The van der Waals surface area contributed by atoms with Gasteiger partial charge in [0.05, 0.1) is 0 Å². The number of carboxylic acids is 1. The van der Waals surface area contributed by atoms with Crippen LogP contribution in [0, 0.1) is 17.5 Å². The second-order valence-corrected chi connectivity index (χ2v) is 2.77. The van der Waals surface area contributed by atoms with Crippen molar-refractivity contribution in [1.82, 2.24) is 0 Å². The van der Waals surface area contributed by atoms with E-state index in [-0.39, 0.29) is 18.4 Å². The molecular formula is C9H7F3O2. The molecule has 1 aromatic carbocycles. The van der Waals surface area contributed by atoms with Crippen LogP contribution in [0.4, 0.5) is 13.2 Å². The van der Waals surface area contributed by atoms with Crippen LogP contribution in [-0.2, 0) is 11.2 Å². The van der Waals surface area contributed by atoms with Crippen LogP contribution in [0.25, 0.3) is 0 Å². The van der Waals surface area contributed by atoms with Crippen molar-refractivity contribution in [1.29, 1.82) is 0 Å². The fourth-order valence-electron chi connectivity index (χ4n) is 1.00. The Labute approximate surface area is 78.0 Å². The normalized spacial score (nSPS) is 10.2. The number of hydrogen-bond acceptors (Lipinski definition) is 1. The minimum atomic E-state index is -1.54. The van der Waals surface area contributed by atoms with Crippen molar-refractivity contribution in [2.45, 2.75) is 12.8 Å². The highest BCUT2D eigenvalue weighted by molar-refractivity contribution is 5.67. The summed E-state index contributed by atoms with van der Waals surface area (Å²) in [6, 6.07) is 1.59. The highest BCUT2D eigenvalue weighted by Gasteiger charge is 2.10. The van der Waals surface area contributed by atoms with E-state index in [2.05, 4.69) is 0 Å². The summed E-state index contributed by atoms with van der Waals surface area (Å²) in [5.74, 6) is -5.21. The molecule has 0 aliphatic rings. The molecule has 1 rings (SSSR count). The summed E-state index contributed by atoms with van der Waals surface area (Å²) in [7, 11) is 0. The van der Waals surface area contributed by atoms with Gasteiger partial charge >= 0.3 is 5.97 Å². The first-order valence-electron chi connectivity index (χ1n) is 3.86. The average Bonchev–Trinajstić information content (AvgIpc) is 2.10. The van der Waals surface area contributed by atoms with E-state index in [0.717, 1.165) is 12.1 Å². The van der Waals surface area contributed by atoms with Gasteiger partial charge in [-0.1, -0.05) is 0 Å². The maximum absolute atomic E-state index is 12.6. The minimum absolute atomic E-state index is 0.0244. The van der Waals surface area contributed by atoms with Gasteiger partial charge in [-0.15, -0.1) is 0 Å². The van der Waals surface area contributed by atoms with Gasteiger partial charge in [0, 0.05) is 6.42 Å². The van der Waals surface area contributed by atoms with E-state index >= 15 is 0 Å². The molecule has 5 heteroatoms. The van der Waals surface area contributed by atoms with E-state index in [9.17, 15) is 18.0 Å². The molecule has 1 N–H and O–H groups in total. The summed E-state index contributed by atoms with van der Waals surface area (Å²) in [5.41, 5.74) is 0.129. The van der Waals surface area contributed by atoms with Gasteiger partial charge in [-0.25, -0.2) is 13.2 Å². The molecule has 0 unspecified atom stereocenters. The molecule has 0 spiro atoms. The lowest BCUT2D eigenvalue weighted by atomic mass is 10.1. The van der Waals surface area contributed by atoms with E-state index in [0.29, 0.717) is 0 Å². The standard InChI is InChI=1S/C9H7F3O2/c10-6-3-5(1-2-8(13)14)4-7(11)9(6)12/h3-4H,1-2H2,(H,13,14). The van der Waals surface area contributed by atoms with Crippen LogP contribution in [0.3, 0.4) is 0 Å². The van der Waals surface area contributed by atoms with Crippen LogP contribution in [0.1, 0.15) is 12.0 Å². The van der Waals surface area contributed by atoms with E-state index in [1.54, 1.807) is 0 Å². The van der Waals surface area contributed by atoms with Gasteiger partial charge in [0.25, 0.3) is 0 Å². The quantitative estimate of drug-likeness (QED) is 0.765. The SMILES string of the molecule is O=C(O)CCc1cc(F)c(F)c(F)c1. The third kappa shape index (κ3) is 2.48. The fourth-order valence-corrected chi connectivity index (χ4v) is 1.00. The van der Waals surface area contributed by atoms with E-state index in [4.69, 9.17) is 5.11 Å². The molecule has 0 saturated carbocycles. The molecule has 0 atom stereocenters. The highest BCUT2D eigenvalue weighted by Crippen LogP contribution is 2.14. The Hall–Kier alpha value is -1.52. The Balaban J connectivity index is 2.84. The predicted molar refractivity (Wildman–Crippen MR) is 42.3 cm³/mol. The average molecular weight is 204 g/mol. The summed E-state index contributed by atoms with van der Waals surface area (Å²) in [6.45, 7) is 0. The van der Waals surface area contributed by atoms with Crippen LogP contribution in [-0.4, -0.2) is 11.1 Å². The topological polar surface area (TPSA) is 37.3 Å². The van der Waals surface area contributed by atoms with Crippen molar-refractivity contribution < 1.29 is 23.1 Å². The summed E-state index contributed by atoms with van der Waals surface area (Å²) in [5, 5.41) is 8.31. The van der Waals surface area contributed by atoms with Gasteiger partial charge in [-0.3, -0.25) is 4.79 Å². The molecule has 0 saturated heterocycles. The van der Waals surface area contributed by atoms with Crippen LogP contribution in [0.15, 0.2) is 12.1 Å². The smallest absolute Gasteiger partial charge is 0.303 e. The third-order valence-electron chi connectivity index (χ3n) is 1.67. The summed E-state index contributed by atoms with van der Waals surface area (Å²) < 4.78 is 37.6. The van der Waals surface area contributed by atoms with Crippen LogP contribution >= 0.6 is 0 Å². The van der Waals surface area contributed by atoms with Crippen molar-refractivity contribution in [3.8, 4) is 0 Å². The zero-order chi connectivity index (χ0) is 10.7. The van der Waals surface area contributed by atoms with Crippen molar-refractivity contribution in [3.63, 3.8) is 0 Å². The molecule has 76 valence electrons. The van der Waals surface area contributed by atoms with Gasteiger partial charge < -0.3 is 5.11 Å². The van der Waals surface area contributed by atoms with Crippen LogP contribution in [0.5, 0.6) is 0 Å². The molecule has 0 heterocycles. The monoisotopic (exact) mass is 204 g/mol. The van der Waals surface area contributed by atoms with E-state index < -0.39 is 23.4 Å². The van der Waals surface area contributed by atoms with Crippen molar-refractivity contribution >= 4 is 5.97 Å². The van der Waals surface area contributed by atoms with Crippen LogP contribution < -0.4 is 0 Å². The molecule has 2 nitrogen and oxygen atoms in total. The second kappa shape index (κ2) is 4.13. The number of rotatable bonds is 3. The lowest BCUT2D eigenvalue weighted by Gasteiger charge is -2.00. The largest absolute Gasteiger partial charge is 0.481 e. The minimum Gasteiger partial charge on any atom is -0.481 e. The zero-order valence-corrected chi connectivity index (χ0v) is 7.06. The van der Waals surface area contributed by atoms with E-state index in [1.807, 2.05) is 0 Å². The van der Waals surface area contributed by atoms with Gasteiger partial charge in [-0.2, -0.15) is 0 Å². The second-order valence-electron chi connectivity index (χ2n) is 2.77. The molecule has 0 radical (unpaired) electrons. The molecule has 0 amide bonds. The van der Waals surface area contributed by atoms with Gasteiger partial charge in [-0.05, 0) is 24.1 Å². The molecule has 0 fully saturated rings. The maximum atomic E-state index is 12.6. The van der Waals surface area contributed by atoms with Crippen molar-refractivity contribution in [3.05, 3.63) is 35.1 Å². The molecule has 0 bridgehead atoms. The molecule has 14 heavy (non-hydrogen) atoms. The first-order valence-corrected chi connectivity index (χ1v) is 3.86.